The van der Waals surface area contributed by atoms with Crippen molar-refractivity contribution in [1.29, 1.82) is 0 Å². The van der Waals surface area contributed by atoms with Gasteiger partial charge in [-0.2, -0.15) is 4.31 Å². The van der Waals surface area contributed by atoms with E-state index in [2.05, 4.69) is 5.32 Å². The lowest BCUT2D eigenvalue weighted by molar-refractivity contribution is 0.269. The molecule has 24 heavy (non-hydrogen) atoms. The largest absolute Gasteiger partial charge is 0.313 e. The zero-order valence-electron chi connectivity index (χ0n) is 12.5. The van der Waals surface area contributed by atoms with Gasteiger partial charge in [-0.3, -0.25) is 0 Å². The predicted molar refractivity (Wildman–Crippen MR) is 82.3 cm³/mol. The third kappa shape index (κ3) is 3.04. The van der Waals surface area contributed by atoms with Gasteiger partial charge in [-0.15, -0.1) is 0 Å². The average Bonchev–Trinajstić information content (AvgIpc) is 2.54. The Bertz CT molecular complexity index is 838. The molecule has 1 heterocycles. The molecule has 1 saturated heterocycles. The molecule has 2 aromatic rings. The lowest BCUT2D eigenvalue weighted by atomic mass is 10.1. The zero-order valence-corrected chi connectivity index (χ0v) is 13.4. The van der Waals surface area contributed by atoms with Crippen molar-refractivity contribution in [2.45, 2.75) is 10.9 Å². The van der Waals surface area contributed by atoms with Crippen molar-refractivity contribution < 1.29 is 21.6 Å². The standard InChI is InChI=1S/C16H15F3N2O2S/c17-12-4-1-3-11(9-12)15-10-20-7-8-21(15)24(22,23)16-13(18)5-2-6-14(16)19/h1-6,9,15,20H,7-8,10H2. The highest BCUT2D eigenvalue weighted by Gasteiger charge is 2.37. The molecule has 1 atom stereocenters. The number of benzene rings is 2. The van der Waals surface area contributed by atoms with E-state index in [1.165, 1.54) is 18.2 Å². The molecule has 0 radical (unpaired) electrons. The molecule has 1 fully saturated rings. The first-order chi connectivity index (χ1) is 11.4. The van der Waals surface area contributed by atoms with E-state index in [1.807, 2.05) is 0 Å². The first-order valence-electron chi connectivity index (χ1n) is 7.33. The fourth-order valence-electron chi connectivity index (χ4n) is 2.82. The fourth-order valence-corrected chi connectivity index (χ4v) is 4.54. The summed E-state index contributed by atoms with van der Waals surface area (Å²) in [5.41, 5.74) is 0.419. The van der Waals surface area contributed by atoms with Crippen LogP contribution >= 0.6 is 0 Å². The van der Waals surface area contributed by atoms with Crippen molar-refractivity contribution in [3.8, 4) is 0 Å². The minimum atomic E-state index is -4.41. The molecular formula is C16H15F3N2O2S. The molecule has 0 bridgehead atoms. The Balaban J connectivity index is 2.07. The van der Waals surface area contributed by atoms with Gasteiger partial charge < -0.3 is 5.32 Å². The SMILES string of the molecule is O=S(=O)(c1c(F)cccc1F)N1CCNCC1c1cccc(F)c1. The van der Waals surface area contributed by atoms with Gasteiger partial charge in [0, 0.05) is 19.6 Å². The van der Waals surface area contributed by atoms with E-state index >= 15 is 0 Å². The van der Waals surface area contributed by atoms with Crippen LogP contribution in [0.25, 0.3) is 0 Å². The second-order valence-corrected chi connectivity index (χ2v) is 7.27. The number of halogens is 3. The molecule has 8 heteroatoms. The first kappa shape index (κ1) is 16.9. The molecule has 0 aromatic heterocycles. The molecule has 4 nitrogen and oxygen atoms in total. The third-order valence-corrected chi connectivity index (χ3v) is 5.87. The molecule has 1 unspecified atom stereocenters. The van der Waals surface area contributed by atoms with Gasteiger partial charge >= 0.3 is 0 Å². The van der Waals surface area contributed by atoms with Gasteiger partial charge in [0.05, 0.1) is 6.04 Å². The normalized spacial score (nSPS) is 19.4. The fraction of sp³-hybridized carbons (Fsp3) is 0.250. The Morgan fingerprint density at radius 3 is 2.38 bits per heavy atom. The number of rotatable bonds is 3. The van der Waals surface area contributed by atoms with Crippen LogP contribution < -0.4 is 5.32 Å². The number of hydrogen-bond acceptors (Lipinski definition) is 3. The third-order valence-electron chi connectivity index (χ3n) is 3.91. The Kier molecular flexibility index (Phi) is 4.62. The molecule has 0 aliphatic carbocycles. The highest BCUT2D eigenvalue weighted by atomic mass is 32.2. The first-order valence-corrected chi connectivity index (χ1v) is 8.77. The molecule has 2 aromatic carbocycles. The second-order valence-electron chi connectivity index (χ2n) is 5.44. The highest BCUT2D eigenvalue weighted by Crippen LogP contribution is 2.31. The number of nitrogens with one attached hydrogen (secondary N) is 1. The molecule has 0 saturated carbocycles. The summed E-state index contributed by atoms with van der Waals surface area (Å²) in [6, 6.07) is 7.66. The van der Waals surface area contributed by atoms with E-state index in [0.717, 1.165) is 22.5 Å². The lowest BCUT2D eigenvalue weighted by Crippen LogP contribution is -2.48. The maximum absolute atomic E-state index is 14.0. The Hall–Kier alpha value is -1.90. The Labute approximate surface area is 138 Å². The van der Waals surface area contributed by atoms with E-state index in [1.54, 1.807) is 6.07 Å². The summed E-state index contributed by atoms with van der Waals surface area (Å²) >= 11 is 0. The van der Waals surface area contributed by atoms with Crippen LogP contribution in [0.4, 0.5) is 13.2 Å². The predicted octanol–water partition coefficient (Wildman–Crippen LogP) is 2.44. The summed E-state index contributed by atoms with van der Waals surface area (Å²) < 4.78 is 68.1. The van der Waals surface area contributed by atoms with E-state index in [9.17, 15) is 21.6 Å². The Morgan fingerprint density at radius 1 is 1.04 bits per heavy atom. The molecule has 1 aliphatic heterocycles. The number of hydrogen-bond donors (Lipinski definition) is 1. The zero-order chi connectivity index (χ0) is 17.3. The lowest BCUT2D eigenvalue weighted by Gasteiger charge is -2.35. The highest BCUT2D eigenvalue weighted by molar-refractivity contribution is 7.89. The second kappa shape index (κ2) is 6.54. The van der Waals surface area contributed by atoms with Crippen LogP contribution in [0.3, 0.4) is 0 Å². The van der Waals surface area contributed by atoms with Crippen LogP contribution in [-0.4, -0.2) is 32.4 Å². The smallest absolute Gasteiger partial charge is 0.249 e. The molecular weight excluding hydrogens is 341 g/mol. The maximum Gasteiger partial charge on any atom is 0.249 e. The summed E-state index contributed by atoms with van der Waals surface area (Å²) in [4.78, 5) is -0.978. The van der Waals surface area contributed by atoms with Gasteiger partial charge in [-0.25, -0.2) is 21.6 Å². The van der Waals surface area contributed by atoms with Crippen molar-refractivity contribution >= 4 is 10.0 Å². The molecule has 0 spiro atoms. The number of piperazine rings is 1. The summed E-state index contributed by atoms with van der Waals surface area (Å²) in [6.07, 6.45) is 0. The van der Waals surface area contributed by atoms with Crippen LogP contribution in [0.1, 0.15) is 11.6 Å². The summed E-state index contributed by atoms with van der Waals surface area (Å²) in [5.74, 6) is -2.80. The number of sulfonamides is 1. The average molecular weight is 356 g/mol. The van der Waals surface area contributed by atoms with Gasteiger partial charge in [-0.1, -0.05) is 18.2 Å². The Morgan fingerprint density at radius 2 is 1.71 bits per heavy atom. The molecule has 3 rings (SSSR count). The van der Waals surface area contributed by atoms with Crippen LogP contribution in [0, 0.1) is 17.5 Å². The van der Waals surface area contributed by atoms with E-state index in [4.69, 9.17) is 0 Å². The molecule has 0 amide bonds. The van der Waals surface area contributed by atoms with Crippen molar-refractivity contribution in [3.05, 3.63) is 65.5 Å². The van der Waals surface area contributed by atoms with Crippen molar-refractivity contribution in [2.24, 2.45) is 0 Å². The minimum Gasteiger partial charge on any atom is -0.313 e. The van der Waals surface area contributed by atoms with Crippen molar-refractivity contribution in [2.75, 3.05) is 19.6 Å². The summed E-state index contributed by atoms with van der Waals surface area (Å²) in [7, 11) is -4.41. The maximum atomic E-state index is 14.0. The van der Waals surface area contributed by atoms with Gasteiger partial charge in [0.2, 0.25) is 10.0 Å². The van der Waals surface area contributed by atoms with Crippen LogP contribution in [0.2, 0.25) is 0 Å². The van der Waals surface area contributed by atoms with Gasteiger partial charge in [0.15, 0.2) is 4.90 Å². The quantitative estimate of drug-likeness (QED) is 0.919. The summed E-state index contributed by atoms with van der Waals surface area (Å²) in [5, 5.41) is 3.02. The molecule has 128 valence electrons. The topological polar surface area (TPSA) is 49.4 Å². The molecule has 1 aliphatic rings. The van der Waals surface area contributed by atoms with Gasteiger partial charge in [-0.05, 0) is 29.8 Å². The van der Waals surface area contributed by atoms with E-state index in [0.29, 0.717) is 12.1 Å². The monoisotopic (exact) mass is 356 g/mol. The van der Waals surface area contributed by atoms with Crippen molar-refractivity contribution in [1.82, 2.24) is 9.62 Å². The van der Waals surface area contributed by atoms with Gasteiger partial charge in [0.1, 0.15) is 17.5 Å². The van der Waals surface area contributed by atoms with Crippen LogP contribution in [0.15, 0.2) is 47.4 Å². The van der Waals surface area contributed by atoms with Crippen LogP contribution in [0.5, 0.6) is 0 Å². The molecule has 1 N–H and O–H groups in total. The number of nitrogens with zero attached hydrogens (tertiary/aromatic N) is 1. The summed E-state index contributed by atoms with van der Waals surface area (Å²) in [6.45, 7) is 0.581. The van der Waals surface area contributed by atoms with E-state index < -0.39 is 38.4 Å². The van der Waals surface area contributed by atoms with Crippen LogP contribution in [-0.2, 0) is 10.0 Å². The minimum absolute atomic E-state index is 0.0251. The van der Waals surface area contributed by atoms with Crippen molar-refractivity contribution in [3.63, 3.8) is 0 Å². The van der Waals surface area contributed by atoms with Gasteiger partial charge in [0.25, 0.3) is 0 Å². The van der Waals surface area contributed by atoms with E-state index in [-0.39, 0.29) is 13.1 Å².